The summed E-state index contributed by atoms with van der Waals surface area (Å²) in [6.07, 6.45) is 0. The van der Waals surface area contributed by atoms with E-state index in [-0.39, 0.29) is 5.75 Å². The fraction of sp³-hybridized carbons (Fsp3) is 0. The fourth-order valence-electron chi connectivity index (χ4n) is 1.75. The number of rotatable bonds is 0. The standard InChI is InChI=1S/C12H7FOS/c13-11-9(14)6-5-8-7-3-1-2-4-10(7)15-12(8)11/h1-6,14H. The smallest absolute Gasteiger partial charge is 0.182 e. The molecule has 0 aliphatic rings. The predicted molar refractivity (Wildman–Crippen MR) is 61.0 cm³/mol. The highest BCUT2D eigenvalue weighted by molar-refractivity contribution is 7.25. The van der Waals surface area contributed by atoms with Gasteiger partial charge in [0.15, 0.2) is 11.6 Å². The van der Waals surface area contributed by atoms with Crippen LogP contribution in [0.4, 0.5) is 4.39 Å². The molecule has 0 spiro atoms. The molecule has 15 heavy (non-hydrogen) atoms. The number of hydrogen-bond donors (Lipinski definition) is 1. The molecule has 0 unspecified atom stereocenters. The molecule has 0 saturated carbocycles. The molecular weight excluding hydrogens is 211 g/mol. The molecular formula is C12H7FOS. The van der Waals surface area contributed by atoms with Crippen LogP contribution in [0, 0.1) is 5.82 Å². The van der Waals surface area contributed by atoms with E-state index in [1.807, 2.05) is 24.3 Å². The molecule has 74 valence electrons. The Morgan fingerprint density at radius 3 is 2.67 bits per heavy atom. The zero-order valence-electron chi connectivity index (χ0n) is 7.70. The molecule has 0 amide bonds. The first-order chi connectivity index (χ1) is 7.27. The third-order valence-corrected chi connectivity index (χ3v) is 3.65. The summed E-state index contributed by atoms with van der Waals surface area (Å²) in [5.74, 6) is -0.803. The van der Waals surface area contributed by atoms with E-state index < -0.39 is 5.82 Å². The van der Waals surface area contributed by atoms with Crippen LogP contribution in [-0.4, -0.2) is 5.11 Å². The van der Waals surface area contributed by atoms with Crippen LogP contribution in [0.15, 0.2) is 36.4 Å². The van der Waals surface area contributed by atoms with Gasteiger partial charge in [0.05, 0.1) is 4.70 Å². The number of phenols is 1. The number of thiophene rings is 1. The van der Waals surface area contributed by atoms with Crippen molar-refractivity contribution < 1.29 is 9.50 Å². The summed E-state index contributed by atoms with van der Waals surface area (Å²) in [6.45, 7) is 0. The van der Waals surface area contributed by atoms with Gasteiger partial charge in [-0.15, -0.1) is 11.3 Å². The third kappa shape index (κ3) is 1.13. The van der Waals surface area contributed by atoms with Crippen LogP contribution >= 0.6 is 11.3 Å². The highest BCUT2D eigenvalue weighted by Gasteiger charge is 2.11. The Bertz CT molecular complexity index is 657. The molecule has 0 radical (unpaired) electrons. The lowest BCUT2D eigenvalue weighted by Crippen LogP contribution is -1.74. The Kier molecular flexibility index (Phi) is 1.70. The maximum Gasteiger partial charge on any atom is 0.182 e. The maximum absolute atomic E-state index is 13.6. The predicted octanol–water partition coefficient (Wildman–Crippen LogP) is 3.90. The average Bonchev–Trinajstić information content (AvgIpc) is 2.63. The number of fused-ring (bicyclic) bond motifs is 3. The first kappa shape index (κ1) is 8.68. The normalized spacial score (nSPS) is 11.3. The maximum atomic E-state index is 13.6. The van der Waals surface area contributed by atoms with E-state index in [9.17, 15) is 9.50 Å². The van der Waals surface area contributed by atoms with Crippen LogP contribution < -0.4 is 0 Å². The summed E-state index contributed by atoms with van der Waals surface area (Å²) in [5.41, 5.74) is 0. The molecule has 1 aromatic heterocycles. The van der Waals surface area contributed by atoms with Crippen molar-refractivity contribution in [2.24, 2.45) is 0 Å². The summed E-state index contributed by atoms with van der Waals surface area (Å²) in [6, 6.07) is 10.9. The summed E-state index contributed by atoms with van der Waals surface area (Å²) in [7, 11) is 0. The second kappa shape index (κ2) is 2.94. The molecule has 0 fully saturated rings. The van der Waals surface area contributed by atoms with Crippen LogP contribution in [0.3, 0.4) is 0 Å². The molecule has 2 aromatic carbocycles. The van der Waals surface area contributed by atoms with Gasteiger partial charge >= 0.3 is 0 Å². The van der Waals surface area contributed by atoms with Crippen molar-refractivity contribution in [3.8, 4) is 5.75 Å². The first-order valence-corrected chi connectivity index (χ1v) is 5.38. The van der Waals surface area contributed by atoms with Gasteiger partial charge in [-0.25, -0.2) is 4.39 Å². The van der Waals surface area contributed by atoms with Crippen LogP contribution in [0.2, 0.25) is 0 Å². The van der Waals surface area contributed by atoms with E-state index >= 15 is 0 Å². The molecule has 0 aliphatic heterocycles. The van der Waals surface area contributed by atoms with E-state index in [0.29, 0.717) is 4.70 Å². The molecule has 0 atom stereocenters. The first-order valence-electron chi connectivity index (χ1n) is 4.56. The highest BCUT2D eigenvalue weighted by atomic mass is 32.1. The minimum absolute atomic E-state index is 0.283. The van der Waals surface area contributed by atoms with E-state index in [1.165, 1.54) is 17.4 Å². The lowest BCUT2D eigenvalue weighted by molar-refractivity contribution is 0.436. The topological polar surface area (TPSA) is 20.2 Å². The second-order valence-electron chi connectivity index (χ2n) is 3.37. The van der Waals surface area contributed by atoms with Crippen LogP contribution in [0.25, 0.3) is 20.2 Å². The van der Waals surface area contributed by atoms with Gasteiger partial charge in [0.2, 0.25) is 0 Å². The van der Waals surface area contributed by atoms with Gasteiger partial charge in [-0.3, -0.25) is 0 Å². The van der Waals surface area contributed by atoms with Gasteiger partial charge in [-0.2, -0.15) is 0 Å². The molecule has 0 bridgehead atoms. The zero-order valence-corrected chi connectivity index (χ0v) is 8.51. The number of aromatic hydroxyl groups is 1. The van der Waals surface area contributed by atoms with Crippen molar-refractivity contribution >= 4 is 31.5 Å². The quantitative estimate of drug-likeness (QED) is 0.606. The number of halogens is 1. The van der Waals surface area contributed by atoms with Gasteiger partial charge in [0.1, 0.15) is 0 Å². The summed E-state index contributed by atoms with van der Waals surface area (Å²) in [5, 5.41) is 11.2. The third-order valence-electron chi connectivity index (χ3n) is 2.47. The monoisotopic (exact) mass is 218 g/mol. The van der Waals surface area contributed by atoms with Gasteiger partial charge in [-0.05, 0) is 18.2 Å². The van der Waals surface area contributed by atoms with Gasteiger partial charge in [0.25, 0.3) is 0 Å². The minimum Gasteiger partial charge on any atom is -0.505 e. The van der Waals surface area contributed by atoms with Crippen molar-refractivity contribution in [2.75, 3.05) is 0 Å². The average molecular weight is 218 g/mol. The Balaban J connectivity index is 2.60. The molecule has 1 N–H and O–H groups in total. The summed E-state index contributed by atoms with van der Waals surface area (Å²) >= 11 is 1.37. The number of hydrogen-bond acceptors (Lipinski definition) is 2. The van der Waals surface area contributed by atoms with E-state index in [4.69, 9.17) is 0 Å². The van der Waals surface area contributed by atoms with Crippen molar-refractivity contribution in [1.82, 2.24) is 0 Å². The molecule has 3 aromatic rings. The fourth-order valence-corrected chi connectivity index (χ4v) is 2.88. The summed E-state index contributed by atoms with van der Waals surface area (Å²) in [4.78, 5) is 0. The molecule has 3 rings (SSSR count). The van der Waals surface area contributed by atoms with Crippen molar-refractivity contribution in [3.05, 3.63) is 42.2 Å². The van der Waals surface area contributed by atoms with E-state index in [2.05, 4.69) is 0 Å². The van der Waals surface area contributed by atoms with E-state index in [1.54, 1.807) is 6.07 Å². The molecule has 1 nitrogen and oxygen atoms in total. The Morgan fingerprint density at radius 1 is 1.00 bits per heavy atom. The van der Waals surface area contributed by atoms with Gasteiger partial charge < -0.3 is 5.11 Å². The van der Waals surface area contributed by atoms with Gasteiger partial charge in [-0.1, -0.05) is 18.2 Å². The van der Waals surface area contributed by atoms with Crippen LogP contribution in [-0.2, 0) is 0 Å². The molecule has 0 aliphatic carbocycles. The summed E-state index contributed by atoms with van der Waals surface area (Å²) < 4.78 is 15.2. The van der Waals surface area contributed by atoms with Crippen LogP contribution in [0.5, 0.6) is 5.75 Å². The van der Waals surface area contributed by atoms with Crippen molar-refractivity contribution in [3.63, 3.8) is 0 Å². The highest BCUT2D eigenvalue weighted by Crippen LogP contribution is 2.37. The Hall–Kier alpha value is -1.61. The molecule has 1 heterocycles. The van der Waals surface area contributed by atoms with Crippen molar-refractivity contribution in [2.45, 2.75) is 0 Å². The largest absolute Gasteiger partial charge is 0.505 e. The van der Waals surface area contributed by atoms with Crippen molar-refractivity contribution in [1.29, 1.82) is 0 Å². The second-order valence-corrected chi connectivity index (χ2v) is 4.43. The Morgan fingerprint density at radius 2 is 1.80 bits per heavy atom. The van der Waals surface area contributed by atoms with Gasteiger partial charge in [0, 0.05) is 15.5 Å². The molecule has 3 heteroatoms. The van der Waals surface area contributed by atoms with E-state index in [0.717, 1.165) is 15.5 Å². The lowest BCUT2D eigenvalue weighted by atomic mass is 10.1. The molecule has 0 saturated heterocycles. The SMILES string of the molecule is Oc1ccc2c(sc3ccccc32)c1F. The van der Waals surface area contributed by atoms with Crippen LogP contribution in [0.1, 0.15) is 0 Å². The Labute approximate surface area is 89.4 Å². The number of phenolic OH excluding ortho intramolecular Hbond substituents is 1. The zero-order chi connectivity index (χ0) is 10.4. The minimum atomic E-state index is -0.520. The number of benzene rings is 2. The lowest BCUT2D eigenvalue weighted by Gasteiger charge is -1.95.